The van der Waals surface area contributed by atoms with Crippen LogP contribution >= 0.6 is 0 Å². The molecule has 3 N–H and O–H groups in total. The maximum absolute atomic E-state index is 12.2. The van der Waals surface area contributed by atoms with Crippen LogP contribution in [0.2, 0.25) is 0 Å². The van der Waals surface area contributed by atoms with Gasteiger partial charge < -0.3 is 16.0 Å². The minimum absolute atomic E-state index is 0.0319. The Morgan fingerprint density at radius 1 is 0.926 bits per heavy atom. The van der Waals surface area contributed by atoms with Crippen LogP contribution < -0.4 is 16.0 Å². The molecule has 0 atom stereocenters. The van der Waals surface area contributed by atoms with Gasteiger partial charge in [-0.2, -0.15) is 0 Å². The predicted octanol–water partition coefficient (Wildman–Crippen LogP) is 3.83. The highest BCUT2D eigenvalue weighted by Gasteiger charge is 2.19. The van der Waals surface area contributed by atoms with Gasteiger partial charge in [-0.25, -0.2) is 4.79 Å². The lowest BCUT2D eigenvalue weighted by Gasteiger charge is -2.22. The van der Waals surface area contributed by atoms with E-state index in [-0.39, 0.29) is 24.5 Å². The van der Waals surface area contributed by atoms with Gasteiger partial charge in [0.15, 0.2) is 0 Å². The smallest absolute Gasteiger partial charge is 0.315 e. The van der Waals surface area contributed by atoms with Crippen LogP contribution in [0, 0.1) is 0 Å². The number of hydrogen-bond donors (Lipinski definition) is 3. The summed E-state index contributed by atoms with van der Waals surface area (Å²) in [5.41, 5.74) is 5.80. The summed E-state index contributed by atoms with van der Waals surface area (Å²) < 4.78 is 0. The van der Waals surface area contributed by atoms with E-state index in [2.05, 4.69) is 40.2 Å². The number of hydrogen-bond acceptors (Lipinski definition) is 2. The summed E-state index contributed by atoms with van der Waals surface area (Å²) in [5.74, 6) is -0.218. The quantitative estimate of drug-likeness (QED) is 0.659. The Balaban J connectivity index is 1.29. The average molecular weight is 363 g/mol. The van der Waals surface area contributed by atoms with Crippen molar-refractivity contribution >= 4 is 17.6 Å². The standard InChI is InChI=1S/C22H25N3O2/c26-21(14-23-22(27)25-17-7-2-1-3-8-17)24-18-10-11-20-16(13-18)12-15-6-4-5-9-19(15)20/h4-6,9-11,13,17H,1-3,7-8,12,14H2,(H,24,26)(H2,23,25,27). The average Bonchev–Trinajstić information content (AvgIpc) is 3.05. The van der Waals surface area contributed by atoms with Gasteiger partial charge in [0, 0.05) is 11.7 Å². The molecule has 2 aromatic rings. The molecule has 0 bridgehead atoms. The fourth-order valence-corrected chi connectivity index (χ4v) is 4.07. The van der Waals surface area contributed by atoms with Crippen LogP contribution in [0.1, 0.15) is 43.2 Å². The summed E-state index contributed by atoms with van der Waals surface area (Å²) in [7, 11) is 0. The van der Waals surface area contributed by atoms with E-state index in [1.165, 1.54) is 28.7 Å². The monoisotopic (exact) mass is 363 g/mol. The van der Waals surface area contributed by atoms with Crippen molar-refractivity contribution in [3.05, 3.63) is 53.6 Å². The minimum atomic E-state index is -0.263. The highest BCUT2D eigenvalue weighted by Crippen LogP contribution is 2.37. The molecule has 5 nitrogen and oxygen atoms in total. The largest absolute Gasteiger partial charge is 0.335 e. The first-order chi connectivity index (χ1) is 13.2. The van der Waals surface area contributed by atoms with E-state index >= 15 is 0 Å². The Hall–Kier alpha value is -2.82. The second kappa shape index (κ2) is 7.82. The number of carbonyl (C=O) groups is 2. The molecule has 0 aromatic heterocycles. The molecular weight excluding hydrogens is 338 g/mol. The van der Waals surface area contributed by atoms with Gasteiger partial charge in [-0.15, -0.1) is 0 Å². The Morgan fingerprint density at radius 3 is 2.56 bits per heavy atom. The highest BCUT2D eigenvalue weighted by molar-refractivity contribution is 5.95. The second-order valence-corrected chi connectivity index (χ2v) is 7.42. The first-order valence-corrected chi connectivity index (χ1v) is 9.74. The SMILES string of the molecule is O=C(CNC(=O)NC1CCCCC1)Nc1ccc2c(c1)Cc1ccccc1-2. The minimum Gasteiger partial charge on any atom is -0.335 e. The molecule has 140 valence electrons. The molecule has 0 heterocycles. The lowest BCUT2D eigenvalue weighted by molar-refractivity contribution is -0.115. The van der Waals surface area contributed by atoms with Gasteiger partial charge in [0.25, 0.3) is 0 Å². The second-order valence-electron chi connectivity index (χ2n) is 7.42. The van der Waals surface area contributed by atoms with Crippen LogP contribution in [0.25, 0.3) is 11.1 Å². The zero-order valence-corrected chi connectivity index (χ0v) is 15.4. The molecule has 4 rings (SSSR count). The summed E-state index contributed by atoms with van der Waals surface area (Å²) in [6.07, 6.45) is 6.50. The van der Waals surface area contributed by atoms with Gasteiger partial charge in [-0.3, -0.25) is 4.79 Å². The van der Waals surface area contributed by atoms with Crippen molar-refractivity contribution in [2.24, 2.45) is 0 Å². The van der Waals surface area contributed by atoms with E-state index in [0.717, 1.165) is 37.8 Å². The lowest BCUT2D eigenvalue weighted by atomic mass is 9.96. The molecule has 0 unspecified atom stereocenters. The first-order valence-electron chi connectivity index (χ1n) is 9.74. The van der Waals surface area contributed by atoms with E-state index in [9.17, 15) is 9.59 Å². The maximum Gasteiger partial charge on any atom is 0.315 e. The molecule has 0 radical (unpaired) electrons. The van der Waals surface area contributed by atoms with E-state index in [1.807, 2.05) is 18.2 Å². The summed E-state index contributed by atoms with van der Waals surface area (Å²) in [6.45, 7) is -0.0319. The molecule has 1 saturated carbocycles. The number of benzene rings is 2. The third-order valence-corrected chi connectivity index (χ3v) is 5.43. The molecule has 5 heteroatoms. The number of fused-ring (bicyclic) bond motifs is 3. The Labute approximate surface area is 159 Å². The molecular formula is C22H25N3O2. The van der Waals surface area contributed by atoms with Crippen molar-refractivity contribution in [1.29, 1.82) is 0 Å². The van der Waals surface area contributed by atoms with Crippen LogP contribution in [0.15, 0.2) is 42.5 Å². The molecule has 2 aromatic carbocycles. The number of amides is 3. The van der Waals surface area contributed by atoms with E-state index in [4.69, 9.17) is 0 Å². The number of anilines is 1. The van der Waals surface area contributed by atoms with Gasteiger partial charge in [0.1, 0.15) is 0 Å². The number of urea groups is 1. The molecule has 27 heavy (non-hydrogen) atoms. The van der Waals surface area contributed by atoms with Gasteiger partial charge >= 0.3 is 6.03 Å². The van der Waals surface area contributed by atoms with Crippen LogP contribution in [0.4, 0.5) is 10.5 Å². The summed E-state index contributed by atoms with van der Waals surface area (Å²) in [4.78, 5) is 24.1. The van der Waals surface area contributed by atoms with Crippen molar-refractivity contribution in [2.75, 3.05) is 11.9 Å². The molecule has 3 amide bonds. The van der Waals surface area contributed by atoms with Crippen LogP contribution in [0.5, 0.6) is 0 Å². The number of rotatable bonds is 4. The third kappa shape index (κ3) is 4.13. The van der Waals surface area contributed by atoms with Gasteiger partial charge in [-0.05, 0) is 53.6 Å². The van der Waals surface area contributed by atoms with Gasteiger partial charge in [0.2, 0.25) is 5.91 Å². The Kier molecular flexibility index (Phi) is 5.10. The summed E-state index contributed by atoms with van der Waals surface area (Å²) >= 11 is 0. The topological polar surface area (TPSA) is 70.2 Å². The van der Waals surface area contributed by atoms with Crippen molar-refractivity contribution in [3.8, 4) is 11.1 Å². The third-order valence-electron chi connectivity index (χ3n) is 5.43. The fourth-order valence-electron chi connectivity index (χ4n) is 4.07. The fraction of sp³-hybridized carbons (Fsp3) is 0.364. The molecule has 1 fully saturated rings. The lowest BCUT2D eigenvalue weighted by Crippen LogP contribution is -2.45. The zero-order valence-electron chi connectivity index (χ0n) is 15.4. The van der Waals surface area contributed by atoms with Crippen molar-refractivity contribution < 1.29 is 9.59 Å². The Bertz CT molecular complexity index is 856. The molecule has 0 saturated heterocycles. The predicted molar refractivity (Wildman–Crippen MR) is 107 cm³/mol. The van der Waals surface area contributed by atoms with Crippen LogP contribution in [-0.2, 0) is 11.2 Å². The van der Waals surface area contributed by atoms with E-state index < -0.39 is 0 Å². The van der Waals surface area contributed by atoms with Crippen molar-refractivity contribution in [3.63, 3.8) is 0 Å². The van der Waals surface area contributed by atoms with Crippen LogP contribution in [-0.4, -0.2) is 24.5 Å². The van der Waals surface area contributed by atoms with Crippen molar-refractivity contribution in [1.82, 2.24) is 10.6 Å². The number of carbonyl (C=O) groups excluding carboxylic acids is 2. The Morgan fingerprint density at radius 2 is 1.70 bits per heavy atom. The van der Waals surface area contributed by atoms with Gasteiger partial charge in [0.05, 0.1) is 6.54 Å². The molecule has 2 aliphatic carbocycles. The first kappa shape index (κ1) is 17.6. The van der Waals surface area contributed by atoms with E-state index in [0.29, 0.717) is 0 Å². The molecule has 2 aliphatic rings. The summed E-state index contributed by atoms with van der Waals surface area (Å²) in [5, 5.41) is 8.48. The molecule has 0 aliphatic heterocycles. The van der Waals surface area contributed by atoms with Crippen LogP contribution in [0.3, 0.4) is 0 Å². The highest BCUT2D eigenvalue weighted by atomic mass is 16.2. The zero-order chi connectivity index (χ0) is 18.6. The van der Waals surface area contributed by atoms with Crippen molar-refractivity contribution in [2.45, 2.75) is 44.6 Å². The van der Waals surface area contributed by atoms with E-state index in [1.54, 1.807) is 0 Å². The molecule has 0 spiro atoms. The normalized spacial score (nSPS) is 15.6. The summed E-state index contributed by atoms with van der Waals surface area (Å²) in [6, 6.07) is 14.3. The van der Waals surface area contributed by atoms with Gasteiger partial charge in [-0.1, -0.05) is 49.6 Å². The maximum atomic E-state index is 12.2. The number of nitrogens with one attached hydrogen (secondary N) is 3.